The van der Waals surface area contributed by atoms with Gasteiger partial charge in [0.05, 0.1) is 0 Å². The van der Waals surface area contributed by atoms with Gasteiger partial charge in [-0.1, -0.05) is 28.1 Å². The third-order valence-electron chi connectivity index (χ3n) is 3.38. The Morgan fingerprint density at radius 3 is 3.00 bits per heavy atom. The number of likely N-dealkylation sites (tertiary alicyclic amines) is 1. The summed E-state index contributed by atoms with van der Waals surface area (Å²) in [5, 5.41) is 0. The predicted molar refractivity (Wildman–Crippen MR) is 71.4 cm³/mol. The van der Waals surface area contributed by atoms with Crippen LogP contribution in [-0.4, -0.2) is 24.0 Å². The highest BCUT2D eigenvalue weighted by Crippen LogP contribution is 2.22. The Kier molecular flexibility index (Phi) is 4.00. The van der Waals surface area contributed by atoms with Gasteiger partial charge in [-0.05, 0) is 43.5 Å². The SMILES string of the molecule is Cc1cc(CN2CCCC2CN)ccc1Br. The molecule has 1 aliphatic heterocycles. The molecule has 0 spiro atoms. The van der Waals surface area contributed by atoms with Gasteiger partial charge in [-0.25, -0.2) is 0 Å². The molecule has 2 nitrogen and oxygen atoms in total. The molecule has 1 atom stereocenters. The molecule has 16 heavy (non-hydrogen) atoms. The van der Waals surface area contributed by atoms with Crippen molar-refractivity contribution in [2.75, 3.05) is 13.1 Å². The van der Waals surface area contributed by atoms with Crippen LogP contribution in [0.3, 0.4) is 0 Å². The summed E-state index contributed by atoms with van der Waals surface area (Å²) in [6, 6.07) is 7.18. The zero-order chi connectivity index (χ0) is 11.5. The summed E-state index contributed by atoms with van der Waals surface area (Å²) < 4.78 is 1.19. The molecule has 1 saturated heterocycles. The predicted octanol–water partition coefficient (Wildman–Crippen LogP) is 2.68. The van der Waals surface area contributed by atoms with Crippen LogP contribution < -0.4 is 5.73 Å². The van der Waals surface area contributed by atoms with Crippen molar-refractivity contribution < 1.29 is 0 Å². The molecule has 1 heterocycles. The van der Waals surface area contributed by atoms with Gasteiger partial charge in [0.1, 0.15) is 0 Å². The van der Waals surface area contributed by atoms with E-state index >= 15 is 0 Å². The number of aryl methyl sites for hydroxylation is 1. The lowest BCUT2D eigenvalue weighted by Crippen LogP contribution is -2.34. The van der Waals surface area contributed by atoms with Crippen LogP contribution in [0.4, 0.5) is 0 Å². The minimum Gasteiger partial charge on any atom is -0.329 e. The Balaban J connectivity index is 2.05. The van der Waals surface area contributed by atoms with E-state index in [2.05, 4.69) is 46.0 Å². The molecule has 0 amide bonds. The monoisotopic (exact) mass is 282 g/mol. The van der Waals surface area contributed by atoms with Crippen LogP contribution in [0.15, 0.2) is 22.7 Å². The van der Waals surface area contributed by atoms with E-state index < -0.39 is 0 Å². The number of rotatable bonds is 3. The van der Waals surface area contributed by atoms with Crippen LogP contribution >= 0.6 is 15.9 Å². The first kappa shape index (κ1) is 12.1. The van der Waals surface area contributed by atoms with E-state index in [9.17, 15) is 0 Å². The molecule has 2 N–H and O–H groups in total. The number of nitrogens with two attached hydrogens (primary N) is 1. The second kappa shape index (κ2) is 5.30. The summed E-state index contributed by atoms with van der Waals surface area (Å²) in [5.41, 5.74) is 8.48. The van der Waals surface area contributed by atoms with Crippen LogP contribution in [0.1, 0.15) is 24.0 Å². The minimum absolute atomic E-state index is 0.587. The molecule has 88 valence electrons. The Morgan fingerprint density at radius 1 is 1.50 bits per heavy atom. The Hall–Kier alpha value is -0.380. The second-order valence-corrected chi connectivity index (χ2v) is 5.44. The molecule has 0 saturated carbocycles. The Bertz CT molecular complexity index is 365. The topological polar surface area (TPSA) is 29.3 Å². The van der Waals surface area contributed by atoms with Gasteiger partial charge < -0.3 is 5.73 Å². The van der Waals surface area contributed by atoms with Crippen molar-refractivity contribution >= 4 is 15.9 Å². The first-order valence-electron chi connectivity index (χ1n) is 5.90. The van der Waals surface area contributed by atoms with Gasteiger partial charge in [-0.15, -0.1) is 0 Å². The Morgan fingerprint density at radius 2 is 2.31 bits per heavy atom. The molecule has 0 bridgehead atoms. The van der Waals surface area contributed by atoms with E-state index in [1.165, 1.54) is 35.0 Å². The normalized spacial score (nSPS) is 21.6. The van der Waals surface area contributed by atoms with Gasteiger partial charge in [-0.3, -0.25) is 4.90 Å². The average molecular weight is 283 g/mol. The number of halogens is 1. The molecule has 1 unspecified atom stereocenters. The molecular formula is C13H19BrN2. The fourth-order valence-corrected chi connectivity index (χ4v) is 2.66. The molecule has 0 radical (unpaired) electrons. The maximum Gasteiger partial charge on any atom is 0.0237 e. The largest absolute Gasteiger partial charge is 0.329 e. The van der Waals surface area contributed by atoms with Gasteiger partial charge >= 0.3 is 0 Å². The van der Waals surface area contributed by atoms with Gasteiger partial charge in [0.25, 0.3) is 0 Å². The summed E-state index contributed by atoms with van der Waals surface area (Å²) in [6.45, 7) is 5.15. The van der Waals surface area contributed by atoms with E-state index in [0.717, 1.165) is 13.1 Å². The van der Waals surface area contributed by atoms with E-state index in [1.54, 1.807) is 0 Å². The lowest BCUT2D eigenvalue weighted by Gasteiger charge is -2.23. The Labute approximate surface area is 106 Å². The highest BCUT2D eigenvalue weighted by atomic mass is 79.9. The smallest absolute Gasteiger partial charge is 0.0237 e. The number of hydrogen-bond acceptors (Lipinski definition) is 2. The third kappa shape index (κ3) is 2.65. The molecule has 1 aliphatic rings. The fraction of sp³-hybridized carbons (Fsp3) is 0.538. The molecule has 3 heteroatoms. The minimum atomic E-state index is 0.587. The van der Waals surface area contributed by atoms with E-state index in [4.69, 9.17) is 5.73 Å². The third-order valence-corrected chi connectivity index (χ3v) is 4.27. The summed E-state index contributed by atoms with van der Waals surface area (Å²) in [5.74, 6) is 0. The molecule has 0 aromatic heterocycles. The van der Waals surface area contributed by atoms with Crippen molar-refractivity contribution in [1.82, 2.24) is 4.90 Å². The summed E-state index contributed by atoms with van der Waals surface area (Å²) in [4.78, 5) is 2.50. The van der Waals surface area contributed by atoms with Gasteiger partial charge in [0.2, 0.25) is 0 Å². The molecular weight excluding hydrogens is 264 g/mol. The van der Waals surface area contributed by atoms with E-state index in [1.807, 2.05) is 0 Å². The number of nitrogens with zero attached hydrogens (tertiary/aromatic N) is 1. The first-order valence-corrected chi connectivity index (χ1v) is 6.69. The van der Waals surface area contributed by atoms with Crippen LogP contribution in [-0.2, 0) is 6.54 Å². The van der Waals surface area contributed by atoms with Gasteiger partial charge in [0, 0.05) is 23.6 Å². The van der Waals surface area contributed by atoms with Crippen molar-refractivity contribution in [2.24, 2.45) is 5.73 Å². The summed E-state index contributed by atoms with van der Waals surface area (Å²) >= 11 is 3.53. The zero-order valence-electron chi connectivity index (χ0n) is 9.75. The first-order chi connectivity index (χ1) is 7.70. The van der Waals surface area contributed by atoms with Crippen LogP contribution in [0.5, 0.6) is 0 Å². The van der Waals surface area contributed by atoms with E-state index in [0.29, 0.717) is 6.04 Å². The lowest BCUT2D eigenvalue weighted by molar-refractivity contribution is 0.250. The van der Waals surface area contributed by atoms with E-state index in [-0.39, 0.29) is 0 Å². The number of hydrogen-bond donors (Lipinski definition) is 1. The van der Waals surface area contributed by atoms with Crippen molar-refractivity contribution in [2.45, 2.75) is 32.4 Å². The van der Waals surface area contributed by atoms with Gasteiger partial charge in [-0.2, -0.15) is 0 Å². The zero-order valence-corrected chi connectivity index (χ0v) is 11.3. The second-order valence-electron chi connectivity index (χ2n) is 4.59. The summed E-state index contributed by atoms with van der Waals surface area (Å²) in [7, 11) is 0. The van der Waals surface area contributed by atoms with Crippen LogP contribution in [0.25, 0.3) is 0 Å². The highest BCUT2D eigenvalue weighted by Gasteiger charge is 2.22. The average Bonchev–Trinajstić information content (AvgIpc) is 2.71. The molecule has 1 fully saturated rings. The van der Waals surface area contributed by atoms with Crippen molar-refractivity contribution in [3.8, 4) is 0 Å². The number of benzene rings is 1. The highest BCUT2D eigenvalue weighted by molar-refractivity contribution is 9.10. The van der Waals surface area contributed by atoms with Crippen molar-refractivity contribution in [3.05, 3.63) is 33.8 Å². The summed E-state index contributed by atoms with van der Waals surface area (Å²) in [6.07, 6.45) is 2.55. The molecule has 2 rings (SSSR count). The quantitative estimate of drug-likeness (QED) is 0.924. The van der Waals surface area contributed by atoms with Crippen LogP contribution in [0.2, 0.25) is 0 Å². The standard InChI is InChI=1S/C13H19BrN2/c1-10-7-11(4-5-13(10)14)9-16-6-2-3-12(16)8-15/h4-5,7,12H,2-3,6,8-9,15H2,1H3. The lowest BCUT2D eigenvalue weighted by atomic mass is 10.1. The van der Waals surface area contributed by atoms with Crippen molar-refractivity contribution in [1.29, 1.82) is 0 Å². The molecule has 1 aromatic rings. The maximum absolute atomic E-state index is 5.78. The molecule has 1 aromatic carbocycles. The van der Waals surface area contributed by atoms with Crippen molar-refractivity contribution in [3.63, 3.8) is 0 Å². The molecule has 0 aliphatic carbocycles. The maximum atomic E-state index is 5.78. The van der Waals surface area contributed by atoms with Gasteiger partial charge in [0.15, 0.2) is 0 Å². The fourth-order valence-electron chi connectivity index (χ4n) is 2.41. The van der Waals surface area contributed by atoms with Crippen LogP contribution in [0, 0.1) is 6.92 Å².